The molecule has 184 valence electrons. The van der Waals surface area contributed by atoms with E-state index in [1.165, 1.54) is 0 Å². The fraction of sp³-hybridized carbons (Fsp3) is 0.407. The number of hydrogen-bond donors (Lipinski definition) is 0. The highest BCUT2D eigenvalue weighted by Crippen LogP contribution is 2.27. The van der Waals surface area contributed by atoms with Crippen LogP contribution < -0.4 is 5.69 Å². The molecule has 0 fully saturated rings. The van der Waals surface area contributed by atoms with Gasteiger partial charge in [-0.1, -0.05) is 81.8 Å². The fourth-order valence-corrected chi connectivity index (χ4v) is 4.53. The van der Waals surface area contributed by atoms with Crippen LogP contribution in [0, 0.1) is 11.8 Å². The minimum atomic E-state index is -0.0255. The van der Waals surface area contributed by atoms with Crippen molar-refractivity contribution in [3.8, 4) is 16.8 Å². The number of nitrogens with zero attached hydrogens (tertiary/aromatic N) is 6. The van der Waals surface area contributed by atoms with Crippen LogP contribution in [-0.4, -0.2) is 29.3 Å². The van der Waals surface area contributed by atoms with E-state index >= 15 is 0 Å². The Morgan fingerprint density at radius 1 is 0.914 bits per heavy atom. The van der Waals surface area contributed by atoms with Crippen LogP contribution in [0.2, 0.25) is 5.15 Å². The van der Waals surface area contributed by atoms with Crippen LogP contribution >= 0.6 is 11.6 Å². The van der Waals surface area contributed by atoms with Gasteiger partial charge in [0.2, 0.25) is 0 Å². The topological polar surface area (TPSA) is 70.5 Å². The van der Waals surface area contributed by atoms with Crippen molar-refractivity contribution in [3.63, 3.8) is 0 Å². The van der Waals surface area contributed by atoms with Gasteiger partial charge in [-0.05, 0) is 58.7 Å². The molecule has 0 atom stereocenters. The quantitative estimate of drug-likeness (QED) is 0.287. The molecule has 0 aliphatic heterocycles. The molecule has 0 radical (unpaired) electrons. The number of para-hydroxylation sites is 1. The van der Waals surface area contributed by atoms with E-state index in [4.69, 9.17) is 11.6 Å². The van der Waals surface area contributed by atoms with Gasteiger partial charge in [0.25, 0.3) is 0 Å². The van der Waals surface area contributed by atoms with Gasteiger partial charge in [0.05, 0.1) is 17.9 Å². The molecule has 35 heavy (non-hydrogen) atoms. The third kappa shape index (κ3) is 5.73. The van der Waals surface area contributed by atoms with E-state index in [9.17, 15) is 4.79 Å². The van der Waals surface area contributed by atoms with E-state index in [1.807, 2.05) is 22.8 Å². The van der Waals surface area contributed by atoms with Gasteiger partial charge in [0.1, 0.15) is 11.5 Å². The Morgan fingerprint density at radius 2 is 1.63 bits per heavy atom. The van der Waals surface area contributed by atoms with Crippen molar-refractivity contribution in [2.24, 2.45) is 11.8 Å². The summed E-state index contributed by atoms with van der Waals surface area (Å²) >= 11 is 6.76. The van der Waals surface area contributed by atoms with Gasteiger partial charge >= 0.3 is 5.69 Å². The molecule has 8 heteroatoms. The maximum atomic E-state index is 13.4. The molecule has 2 aromatic carbocycles. The van der Waals surface area contributed by atoms with E-state index in [-0.39, 0.29) is 5.69 Å². The Labute approximate surface area is 211 Å². The van der Waals surface area contributed by atoms with Crippen molar-refractivity contribution < 1.29 is 0 Å². The molecular formula is C27H33ClN6O. The summed E-state index contributed by atoms with van der Waals surface area (Å²) in [7, 11) is 0. The van der Waals surface area contributed by atoms with Gasteiger partial charge in [-0.2, -0.15) is 4.68 Å². The molecule has 0 spiro atoms. The first-order valence-electron chi connectivity index (χ1n) is 12.2. The molecule has 0 aliphatic rings. The van der Waals surface area contributed by atoms with Crippen LogP contribution in [0.25, 0.3) is 16.8 Å². The summed E-state index contributed by atoms with van der Waals surface area (Å²) in [6.45, 7) is 9.85. The van der Waals surface area contributed by atoms with E-state index < -0.39 is 0 Å². The first-order valence-corrected chi connectivity index (χ1v) is 12.6. The number of benzene rings is 2. The Hall–Kier alpha value is -3.19. The first kappa shape index (κ1) is 24.9. The zero-order valence-corrected chi connectivity index (χ0v) is 21.6. The second-order valence-corrected chi connectivity index (χ2v) is 10.2. The molecule has 0 aliphatic carbocycles. The lowest BCUT2D eigenvalue weighted by molar-refractivity contribution is 0.503. The highest BCUT2D eigenvalue weighted by molar-refractivity contribution is 6.30. The summed E-state index contributed by atoms with van der Waals surface area (Å²) in [5.74, 6) is 1.04. The van der Waals surface area contributed by atoms with Crippen LogP contribution in [-0.2, 0) is 19.5 Å². The van der Waals surface area contributed by atoms with Crippen LogP contribution in [0.5, 0.6) is 0 Å². The van der Waals surface area contributed by atoms with Gasteiger partial charge in [-0.15, -0.1) is 5.10 Å². The summed E-state index contributed by atoms with van der Waals surface area (Å²) in [4.78, 5) is 13.4. The Balaban J connectivity index is 1.63. The normalized spacial score (nSPS) is 11.6. The maximum absolute atomic E-state index is 13.4. The van der Waals surface area contributed by atoms with Gasteiger partial charge in [0.15, 0.2) is 0 Å². The number of rotatable bonds is 10. The largest absolute Gasteiger partial charge is 0.329 e. The van der Waals surface area contributed by atoms with Gasteiger partial charge in [0, 0.05) is 12.1 Å². The van der Waals surface area contributed by atoms with Gasteiger partial charge < -0.3 is 0 Å². The van der Waals surface area contributed by atoms with Crippen molar-refractivity contribution >= 4 is 11.6 Å². The second-order valence-electron chi connectivity index (χ2n) is 9.84. The van der Waals surface area contributed by atoms with Gasteiger partial charge in [-0.3, -0.25) is 9.13 Å². The number of halogens is 1. The zero-order valence-electron chi connectivity index (χ0n) is 20.9. The van der Waals surface area contributed by atoms with Crippen molar-refractivity contribution in [2.45, 2.75) is 60.0 Å². The first-order chi connectivity index (χ1) is 16.8. The molecule has 0 amide bonds. The standard InChI is InChI=1S/C27H33ClN6O/c1-19(2)9-14-25-26(28)32(16-15-20(3)4)27(35)33(25)17-21-10-12-22(13-11-21)23-7-5-6-8-24(23)34-18-29-30-31-34/h5-8,10-13,18-20H,9,14-17H2,1-4H3. The number of imidazole rings is 1. The van der Waals surface area contributed by atoms with Crippen LogP contribution in [0.1, 0.15) is 51.8 Å². The summed E-state index contributed by atoms with van der Waals surface area (Å²) in [6.07, 6.45) is 4.28. The van der Waals surface area contributed by atoms with Crippen molar-refractivity contribution in [1.29, 1.82) is 0 Å². The highest BCUT2D eigenvalue weighted by Gasteiger charge is 2.19. The number of hydrogen-bond acceptors (Lipinski definition) is 4. The third-order valence-electron chi connectivity index (χ3n) is 6.26. The minimum Gasteiger partial charge on any atom is -0.290 e. The Kier molecular flexibility index (Phi) is 7.86. The summed E-state index contributed by atoms with van der Waals surface area (Å²) in [5.41, 5.74) is 4.96. The predicted molar refractivity (Wildman–Crippen MR) is 140 cm³/mol. The molecule has 2 aromatic heterocycles. The average molecular weight is 493 g/mol. The van der Waals surface area contributed by atoms with Gasteiger partial charge in [-0.25, -0.2) is 4.79 Å². The summed E-state index contributed by atoms with van der Waals surface area (Å²) in [6, 6.07) is 16.3. The summed E-state index contributed by atoms with van der Waals surface area (Å²) in [5, 5.41) is 12.1. The average Bonchev–Trinajstić information content (AvgIpc) is 3.45. The lowest BCUT2D eigenvalue weighted by atomic mass is 10.0. The van der Waals surface area contributed by atoms with Crippen LogP contribution in [0.15, 0.2) is 59.7 Å². The molecule has 0 unspecified atom stereocenters. The van der Waals surface area contributed by atoms with E-state index in [1.54, 1.807) is 15.6 Å². The SMILES string of the molecule is CC(C)CCc1c(Cl)n(CCC(C)C)c(=O)n1Cc1ccc(-c2ccccc2-n2cnnn2)cc1. The molecule has 4 aromatic rings. The van der Waals surface area contributed by atoms with E-state index in [0.29, 0.717) is 30.1 Å². The number of tetrazole rings is 1. The lowest BCUT2D eigenvalue weighted by Crippen LogP contribution is -2.26. The minimum absolute atomic E-state index is 0.0255. The molecule has 0 bridgehead atoms. The molecule has 0 saturated heterocycles. The maximum Gasteiger partial charge on any atom is 0.329 e. The smallest absolute Gasteiger partial charge is 0.290 e. The van der Waals surface area contributed by atoms with E-state index in [0.717, 1.165) is 47.3 Å². The predicted octanol–water partition coefficient (Wildman–Crippen LogP) is 5.63. The lowest BCUT2D eigenvalue weighted by Gasteiger charge is -2.11. The zero-order chi connectivity index (χ0) is 24.9. The van der Waals surface area contributed by atoms with Crippen molar-refractivity contribution in [3.05, 3.63) is 81.8 Å². The third-order valence-corrected chi connectivity index (χ3v) is 6.68. The van der Waals surface area contributed by atoms with Crippen molar-refractivity contribution in [1.82, 2.24) is 29.3 Å². The second kappa shape index (κ2) is 11.0. The van der Waals surface area contributed by atoms with Crippen molar-refractivity contribution in [2.75, 3.05) is 0 Å². The molecular weight excluding hydrogens is 460 g/mol. The Bertz CT molecular complexity index is 1300. The molecule has 0 N–H and O–H groups in total. The molecule has 7 nitrogen and oxygen atoms in total. The summed E-state index contributed by atoms with van der Waals surface area (Å²) < 4.78 is 5.26. The van der Waals surface area contributed by atoms with Crippen LogP contribution in [0.4, 0.5) is 0 Å². The van der Waals surface area contributed by atoms with E-state index in [2.05, 4.69) is 73.6 Å². The monoisotopic (exact) mass is 492 g/mol. The molecule has 2 heterocycles. The van der Waals surface area contributed by atoms with Crippen LogP contribution in [0.3, 0.4) is 0 Å². The Morgan fingerprint density at radius 3 is 2.29 bits per heavy atom. The number of aromatic nitrogens is 6. The molecule has 4 rings (SSSR count). The fourth-order valence-electron chi connectivity index (χ4n) is 4.18. The molecule has 0 saturated carbocycles. The highest BCUT2D eigenvalue weighted by atomic mass is 35.5.